The third-order valence-electron chi connectivity index (χ3n) is 2.79. The Bertz CT molecular complexity index is 491. The third kappa shape index (κ3) is 4.42. The van der Waals surface area contributed by atoms with Crippen molar-refractivity contribution in [3.05, 3.63) is 23.2 Å². The second-order valence-corrected chi connectivity index (χ2v) is 4.63. The van der Waals surface area contributed by atoms with Gasteiger partial charge in [-0.15, -0.1) is 0 Å². The van der Waals surface area contributed by atoms with E-state index in [1.54, 1.807) is 25.1 Å². The minimum Gasteiger partial charge on any atom is -0.467 e. The van der Waals surface area contributed by atoms with Crippen molar-refractivity contribution in [2.24, 2.45) is 0 Å². The van der Waals surface area contributed by atoms with E-state index in [9.17, 15) is 9.59 Å². The monoisotopic (exact) mass is 298 g/mol. The number of carbonyl (C=O) groups excluding carboxylic acids is 2. The van der Waals surface area contributed by atoms with Crippen molar-refractivity contribution < 1.29 is 14.3 Å². The molecule has 0 heterocycles. The van der Waals surface area contributed by atoms with Gasteiger partial charge < -0.3 is 15.4 Å². The quantitative estimate of drug-likeness (QED) is 0.792. The normalized spacial score (nSPS) is 11.6. The zero-order valence-corrected chi connectivity index (χ0v) is 12.6. The molecule has 2 N–H and O–H groups in total. The maximum absolute atomic E-state index is 11.6. The molecule has 1 atom stereocenters. The van der Waals surface area contributed by atoms with Crippen LogP contribution in [0.3, 0.4) is 0 Å². The van der Waals surface area contributed by atoms with Crippen LogP contribution >= 0.6 is 11.6 Å². The maximum atomic E-state index is 11.6. The molecule has 1 rings (SSSR count). The summed E-state index contributed by atoms with van der Waals surface area (Å²) in [4.78, 5) is 22.9. The number of anilines is 2. The van der Waals surface area contributed by atoms with E-state index >= 15 is 0 Å². The Hall–Kier alpha value is -1.75. The number of halogens is 1. The topological polar surface area (TPSA) is 67.4 Å². The average molecular weight is 299 g/mol. The van der Waals surface area contributed by atoms with Gasteiger partial charge >= 0.3 is 5.97 Å². The van der Waals surface area contributed by atoms with Gasteiger partial charge in [-0.1, -0.05) is 25.4 Å². The smallest absolute Gasteiger partial charge is 0.328 e. The van der Waals surface area contributed by atoms with Crippen LogP contribution in [0.1, 0.15) is 26.7 Å². The molecule has 0 spiro atoms. The number of nitrogens with one attached hydrogen (secondary N) is 2. The lowest BCUT2D eigenvalue weighted by Gasteiger charge is -2.17. The Labute approximate surface area is 123 Å². The Morgan fingerprint density at radius 2 is 2.05 bits per heavy atom. The number of hydrogen-bond donors (Lipinski definition) is 2. The van der Waals surface area contributed by atoms with Gasteiger partial charge in [0.1, 0.15) is 6.04 Å². The number of methoxy groups -OCH3 is 1. The summed E-state index contributed by atoms with van der Waals surface area (Å²) in [5.41, 5.74) is 1.21. The molecule has 1 aromatic rings. The van der Waals surface area contributed by atoms with Crippen LogP contribution in [0.5, 0.6) is 0 Å². The molecule has 0 radical (unpaired) electrons. The number of rotatable bonds is 6. The summed E-state index contributed by atoms with van der Waals surface area (Å²) in [7, 11) is 1.34. The van der Waals surface area contributed by atoms with Gasteiger partial charge in [0.25, 0.3) is 0 Å². The highest BCUT2D eigenvalue weighted by Gasteiger charge is 2.18. The van der Waals surface area contributed by atoms with Gasteiger partial charge in [0, 0.05) is 12.1 Å². The minimum atomic E-state index is -0.477. The van der Waals surface area contributed by atoms with Crippen LogP contribution in [-0.4, -0.2) is 25.0 Å². The first kappa shape index (κ1) is 16.3. The standard InChI is InChI=1S/C14H19ClN2O3/c1-4-11(14(19)20-3)17-12-8-9(6-7-10(12)15)16-13(18)5-2/h6-8,11,17H,4-5H2,1-3H3,(H,16,18). The molecule has 1 amide bonds. The lowest BCUT2D eigenvalue weighted by atomic mass is 10.2. The largest absolute Gasteiger partial charge is 0.467 e. The van der Waals surface area contributed by atoms with Gasteiger partial charge in [-0.3, -0.25) is 4.79 Å². The summed E-state index contributed by atoms with van der Waals surface area (Å²) in [5.74, 6) is -0.440. The molecule has 0 bridgehead atoms. The van der Waals surface area contributed by atoms with Crippen LogP contribution in [-0.2, 0) is 14.3 Å². The van der Waals surface area contributed by atoms with Crippen molar-refractivity contribution in [2.45, 2.75) is 32.7 Å². The predicted octanol–water partition coefficient (Wildman–Crippen LogP) is 3.05. The second kappa shape index (κ2) is 7.75. The number of hydrogen-bond acceptors (Lipinski definition) is 4. The first-order valence-electron chi connectivity index (χ1n) is 6.45. The SMILES string of the molecule is CCC(=O)Nc1ccc(Cl)c(NC(CC)C(=O)OC)c1. The van der Waals surface area contributed by atoms with Crippen LogP contribution in [0, 0.1) is 0 Å². The summed E-state index contributed by atoms with van der Waals surface area (Å²) < 4.78 is 4.71. The van der Waals surface area contributed by atoms with Gasteiger partial charge in [0.2, 0.25) is 5.91 Å². The summed E-state index contributed by atoms with van der Waals surface area (Å²) in [6.07, 6.45) is 0.958. The second-order valence-electron chi connectivity index (χ2n) is 4.22. The maximum Gasteiger partial charge on any atom is 0.328 e. The van der Waals surface area contributed by atoms with E-state index in [4.69, 9.17) is 16.3 Å². The van der Waals surface area contributed by atoms with E-state index in [0.29, 0.717) is 29.2 Å². The molecule has 20 heavy (non-hydrogen) atoms. The first-order valence-corrected chi connectivity index (χ1v) is 6.83. The molecule has 0 saturated carbocycles. The molecular formula is C14H19ClN2O3. The summed E-state index contributed by atoms with van der Waals surface area (Å²) in [6, 6.07) is 4.59. The van der Waals surface area contributed by atoms with E-state index in [1.165, 1.54) is 7.11 Å². The molecule has 0 aliphatic rings. The number of benzene rings is 1. The molecule has 5 nitrogen and oxygen atoms in total. The Balaban J connectivity index is 2.90. The van der Waals surface area contributed by atoms with Crippen molar-refractivity contribution in [1.29, 1.82) is 0 Å². The highest BCUT2D eigenvalue weighted by Crippen LogP contribution is 2.26. The Morgan fingerprint density at radius 1 is 1.35 bits per heavy atom. The van der Waals surface area contributed by atoms with Crippen LogP contribution < -0.4 is 10.6 Å². The fraction of sp³-hybridized carbons (Fsp3) is 0.429. The minimum absolute atomic E-state index is 0.0849. The molecule has 0 aliphatic heterocycles. The number of esters is 1. The zero-order valence-electron chi connectivity index (χ0n) is 11.8. The lowest BCUT2D eigenvalue weighted by Crippen LogP contribution is -2.30. The van der Waals surface area contributed by atoms with E-state index in [2.05, 4.69) is 10.6 Å². The van der Waals surface area contributed by atoms with Gasteiger partial charge in [0.15, 0.2) is 0 Å². The fourth-order valence-corrected chi connectivity index (χ4v) is 1.79. The van der Waals surface area contributed by atoms with E-state index in [-0.39, 0.29) is 11.9 Å². The molecule has 110 valence electrons. The van der Waals surface area contributed by atoms with Crippen molar-refractivity contribution in [2.75, 3.05) is 17.7 Å². The van der Waals surface area contributed by atoms with Crippen LogP contribution in [0.25, 0.3) is 0 Å². The van der Waals surface area contributed by atoms with E-state index in [1.807, 2.05) is 6.92 Å². The van der Waals surface area contributed by atoms with E-state index < -0.39 is 6.04 Å². The predicted molar refractivity (Wildman–Crippen MR) is 80.1 cm³/mol. The Morgan fingerprint density at radius 3 is 2.60 bits per heavy atom. The highest BCUT2D eigenvalue weighted by atomic mass is 35.5. The molecule has 0 aliphatic carbocycles. The molecule has 0 saturated heterocycles. The molecule has 6 heteroatoms. The third-order valence-corrected chi connectivity index (χ3v) is 3.12. The van der Waals surface area contributed by atoms with Gasteiger partial charge in [-0.2, -0.15) is 0 Å². The average Bonchev–Trinajstić information content (AvgIpc) is 2.46. The zero-order chi connectivity index (χ0) is 15.1. The van der Waals surface area contributed by atoms with Crippen molar-refractivity contribution >= 4 is 34.9 Å². The fourth-order valence-electron chi connectivity index (χ4n) is 1.62. The van der Waals surface area contributed by atoms with E-state index in [0.717, 1.165) is 0 Å². The van der Waals surface area contributed by atoms with Gasteiger partial charge in [-0.05, 0) is 24.6 Å². The van der Waals surface area contributed by atoms with Crippen LogP contribution in [0.2, 0.25) is 5.02 Å². The molecule has 0 aromatic heterocycles. The van der Waals surface area contributed by atoms with Crippen molar-refractivity contribution in [3.8, 4) is 0 Å². The number of amides is 1. The van der Waals surface area contributed by atoms with Gasteiger partial charge in [-0.25, -0.2) is 4.79 Å². The summed E-state index contributed by atoms with van der Waals surface area (Å²) >= 11 is 6.09. The molecule has 0 fully saturated rings. The summed E-state index contributed by atoms with van der Waals surface area (Å²) in [5, 5.41) is 6.24. The molecule has 1 aromatic carbocycles. The highest BCUT2D eigenvalue weighted by molar-refractivity contribution is 6.33. The van der Waals surface area contributed by atoms with Crippen molar-refractivity contribution in [1.82, 2.24) is 0 Å². The number of ether oxygens (including phenoxy) is 1. The van der Waals surface area contributed by atoms with Crippen molar-refractivity contribution in [3.63, 3.8) is 0 Å². The lowest BCUT2D eigenvalue weighted by molar-refractivity contribution is -0.141. The van der Waals surface area contributed by atoms with Crippen LogP contribution in [0.15, 0.2) is 18.2 Å². The number of carbonyl (C=O) groups is 2. The summed E-state index contributed by atoms with van der Waals surface area (Å²) in [6.45, 7) is 3.64. The molecular weight excluding hydrogens is 280 g/mol. The van der Waals surface area contributed by atoms with Crippen LogP contribution in [0.4, 0.5) is 11.4 Å². The first-order chi connectivity index (χ1) is 9.51. The molecule has 1 unspecified atom stereocenters. The Kier molecular flexibility index (Phi) is 6.31. The van der Waals surface area contributed by atoms with Gasteiger partial charge in [0.05, 0.1) is 17.8 Å².